The molecular formula is C22H21NO. The second-order valence-electron chi connectivity index (χ2n) is 8.29. The molecule has 6 rings (SSSR count). The van der Waals surface area contributed by atoms with E-state index in [1.165, 1.54) is 35.2 Å². The number of hydrogen-bond donors (Lipinski definition) is 0. The number of amides is 1. The minimum Gasteiger partial charge on any atom is -0.311 e. The molecule has 0 N–H and O–H groups in total. The molecule has 0 aromatic heterocycles. The molecule has 2 saturated carbocycles. The highest BCUT2D eigenvalue weighted by Crippen LogP contribution is 2.63. The summed E-state index contributed by atoms with van der Waals surface area (Å²) >= 11 is 0. The number of aryl methyl sites for hydroxylation is 1. The lowest BCUT2D eigenvalue weighted by molar-refractivity contribution is -0.120. The highest BCUT2D eigenvalue weighted by molar-refractivity contribution is 6.01. The van der Waals surface area contributed by atoms with Crippen LogP contribution in [0.4, 0.5) is 5.69 Å². The van der Waals surface area contributed by atoms with Gasteiger partial charge in [-0.15, -0.1) is 0 Å². The fourth-order valence-corrected chi connectivity index (χ4v) is 5.51. The molecule has 2 heteroatoms. The molecular weight excluding hydrogens is 294 g/mol. The van der Waals surface area contributed by atoms with Gasteiger partial charge in [-0.1, -0.05) is 42.5 Å². The normalized spacial score (nSPS) is 30.5. The summed E-state index contributed by atoms with van der Waals surface area (Å²) in [5.41, 5.74) is 5.97. The van der Waals surface area contributed by atoms with Gasteiger partial charge in [0.05, 0.1) is 0 Å². The maximum Gasteiger partial charge on any atom is 0.231 e. The van der Waals surface area contributed by atoms with Gasteiger partial charge in [0.2, 0.25) is 5.91 Å². The van der Waals surface area contributed by atoms with E-state index in [9.17, 15) is 4.79 Å². The van der Waals surface area contributed by atoms with Crippen LogP contribution in [0.3, 0.4) is 0 Å². The molecule has 2 fully saturated rings. The largest absolute Gasteiger partial charge is 0.311 e. The van der Waals surface area contributed by atoms with Gasteiger partial charge >= 0.3 is 0 Å². The molecule has 2 aromatic carbocycles. The lowest BCUT2D eigenvalue weighted by Gasteiger charge is -2.20. The van der Waals surface area contributed by atoms with Crippen molar-refractivity contribution in [3.05, 3.63) is 65.2 Å². The van der Waals surface area contributed by atoms with Crippen LogP contribution in [-0.2, 0) is 22.0 Å². The Morgan fingerprint density at radius 1 is 0.958 bits per heavy atom. The first-order chi connectivity index (χ1) is 11.7. The van der Waals surface area contributed by atoms with Crippen LogP contribution in [0.15, 0.2) is 48.5 Å². The Balaban J connectivity index is 1.35. The van der Waals surface area contributed by atoms with Crippen molar-refractivity contribution in [2.45, 2.75) is 42.9 Å². The van der Waals surface area contributed by atoms with Gasteiger partial charge in [0.1, 0.15) is 0 Å². The number of carbonyl (C=O) groups excluding carboxylic acids is 1. The van der Waals surface area contributed by atoms with Crippen molar-refractivity contribution in [2.75, 3.05) is 11.4 Å². The first-order valence-electron chi connectivity index (χ1n) is 9.23. The Labute approximate surface area is 142 Å². The van der Waals surface area contributed by atoms with Gasteiger partial charge in [-0.05, 0) is 54.9 Å². The Hall–Kier alpha value is -2.09. The van der Waals surface area contributed by atoms with E-state index >= 15 is 0 Å². The van der Waals surface area contributed by atoms with Crippen LogP contribution in [-0.4, -0.2) is 12.5 Å². The van der Waals surface area contributed by atoms with Crippen LogP contribution in [0.5, 0.6) is 0 Å². The maximum atomic E-state index is 13.4. The molecule has 120 valence electrons. The van der Waals surface area contributed by atoms with E-state index in [2.05, 4.69) is 53.4 Å². The second kappa shape index (κ2) is 4.11. The Kier molecular flexibility index (Phi) is 2.27. The fourth-order valence-electron chi connectivity index (χ4n) is 5.51. The summed E-state index contributed by atoms with van der Waals surface area (Å²) in [5.74, 6) is 0.575. The third kappa shape index (κ3) is 1.50. The van der Waals surface area contributed by atoms with Crippen molar-refractivity contribution in [3.63, 3.8) is 0 Å². The van der Waals surface area contributed by atoms with E-state index in [0.717, 1.165) is 25.8 Å². The standard InChI is InChI=1S/C22H21NO/c24-20(18-13-22(18)10-9-15-5-1-2-6-16(15)22)23-14-21(11-12-21)17-7-3-4-8-19(17)23/h1-8,18H,9-14H2. The van der Waals surface area contributed by atoms with Crippen molar-refractivity contribution >= 4 is 11.6 Å². The number of benzene rings is 2. The molecule has 0 saturated heterocycles. The second-order valence-corrected chi connectivity index (χ2v) is 8.29. The van der Waals surface area contributed by atoms with E-state index in [-0.39, 0.29) is 11.3 Å². The van der Waals surface area contributed by atoms with Crippen molar-refractivity contribution in [2.24, 2.45) is 5.92 Å². The van der Waals surface area contributed by atoms with Crippen molar-refractivity contribution < 1.29 is 4.79 Å². The lowest BCUT2D eigenvalue weighted by Crippen LogP contribution is -2.34. The molecule has 2 atom stereocenters. The number of fused-ring (bicyclic) bond motifs is 4. The molecule has 2 spiro atoms. The third-order valence-electron chi connectivity index (χ3n) is 7.11. The van der Waals surface area contributed by atoms with Crippen LogP contribution >= 0.6 is 0 Å². The summed E-state index contributed by atoms with van der Waals surface area (Å²) < 4.78 is 0. The first-order valence-corrected chi connectivity index (χ1v) is 9.23. The Morgan fingerprint density at radius 3 is 2.54 bits per heavy atom. The molecule has 1 aliphatic heterocycles. The number of nitrogens with zero attached hydrogens (tertiary/aromatic N) is 1. The first kappa shape index (κ1) is 13.2. The van der Waals surface area contributed by atoms with E-state index in [4.69, 9.17) is 0 Å². The zero-order valence-corrected chi connectivity index (χ0v) is 13.8. The lowest BCUT2D eigenvalue weighted by atomic mass is 9.95. The van der Waals surface area contributed by atoms with Gasteiger partial charge in [-0.25, -0.2) is 0 Å². The molecule has 4 aliphatic rings. The molecule has 0 radical (unpaired) electrons. The maximum absolute atomic E-state index is 13.4. The van der Waals surface area contributed by atoms with Crippen molar-refractivity contribution in [1.29, 1.82) is 0 Å². The molecule has 1 amide bonds. The van der Waals surface area contributed by atoms with E-state index in [1.54, 1.807) is 0 Å². The number of anilines is 1. The summed E-state index contributed by atoms with van der Waals surface area (Å²) in [6.07, 6.45) is 5.83. The van der Waals surface area contributed by atoms with Crippen molar-refractivity contribution in [3.8, 4) is 0 Å². The van der Waals surface area contributed by atoms with Crippen LogP contribution in [0.25, 0.3) is 0 Å². The minimum absolute atomic E-state index is 0.155. The highest BCUT2D eigenvalue weighted by Gasteiger charge is 2.64. The van der Waals surface area contributed by atoms with Gasteiger partial charge in [-0.2, -0.15) is 0 Å². The predicted octanol–water partition coefficient (Wildman–Crippen LogP) is 3.97. The van der Waals surface area contributed by atoms with Gasteiger partial charge in [0, 0.05) is 29.0 Å². The van der Waals surface area contributed by atoms with E-state index in [0.29, 0.717) is 11.3 Å². The number of rotatable bonds is 1. The topological polar surface area (TPSA) is 20.3 Å². The zero-order valence-electron chi connectivity index (χ0n) is 13.8. The fraction of sp³-hybridized carbons (Fsp3) is 0.409. The average Bonchev–Trinajstić information content (AvgIpc) is 3.48. The highest BCUT2D eigenvalue weighted by atomic mass is 16.2. The molecule has 24 heavy (non-hydrogen) atoms. The molecule has 2 unspecified atom stereocenters. The SMILES string of the molecule is O=C(C1CC12CCc1ccccc12)N1CC2(CC2)c2ccccc21. The number of para-hydroxylation sites is 1. The summed E-state index contributed by atoms with van der Waals surface area (Å²) in [5, 5.41) is 0. The summed E-state index contributed by atoms with van der Waals surface area (Å²) in [6.45, 7) is 0.916. The third-order valence-corrected chi connectivity index (χ3v) is 7.11. The minimum atomic E-state index is 0.155. The van der Waals surface area contributed by atoms with Crippen LogP contribution in [0, 0.1) is 5.92 Å². The number of carbonyl (C=O) groups is 1. The summed E-state index contributed by atoms with van der Waals surface area (Å²) in [4.78, 5) is 15.5. The van der Waals surface area contributed by atoms with Crippen LogP contribution < -0.4 is 4.90 Å². The van der Waals surface area contributed by atoms with Crippen LogP contribution in [0.1, 0.15) is 42.4 Å². The van der Waals surface area contributed by atoms with Crippen molar-refractivity contribution in [1.82, 2.24) is 0 Å². The van der Waals surface area contributed by atoms with Gasteiger partial charge in [-0.3, -0.25) is 4.79 Å². The molecule has 1 heterocycles. The smallest absolute Gasteiger partial charge is 0.231 e. The molecule has 2 nitrogen and oxygen atoms in total. The summed E-state index contributed by atoms with van der Waals surface area (Å²) in [6, 6.07) is 17.4. The van der Waals surface area contributed by atoms with Gasteiger partial charge in [0.15, 0.2) is 0 Å². The average molecular weight is 315 g/mol. The Morgan fingerprint density at radius 2 is 1.71 bits per heavy atom. The monoisotopic (exact) mass is 315 g/mol. The molecule has 2 aromatic rings. The zero-order chi connectivity index (χ0) is 15.9. The van der Waals surface area contributed by atoms with E-state index < -0.39 is 0 Å². The Bertz CT molecular complexity index is 881. The summed E-state index contributed by atoms with van der Waals surface area (Å²) in [7, 11) is 0. The van der Waals surface area contributed by atoms with Gasteiger partial charge < -0.3 is 4.90 Å². The quantitative estimate of drug-likeness (QED) is 0.780. The molecule has 3 aliphatic carbocycles. The predicted molar refractivity (Wildman–Crippen MR) is 94.3 cm³/mol. The van der Waals surface area contributed by atoms with E-state index in [1.807, 2.05) is 0 Å². The van der Waals surface area contributed by atoms with Gasteiger partial charge in [0.25, 0.3) is 0 Å². The van der Waals surface area contributed by atoms with Crippen LogP contribution in [0.2, 0.25) is 0 Å². The number of hydrogen-bond acceptors (Lipinski definition) is 1. The molecule has 0 bridgehead atoms.